The van der Waals surface area contributed by atoms with E-state index >= 15 is 0 Å². The Morgan fingerprint density at radius 3 is 2.48 bits per heavy atom. The van der Waals surface area contributed by atoms with E-state index in [-0.39, 0.29) is 10.8 Å². The SMILES string of the molecule is NCCNC(=O)c1cc(S(=O)(=O)N2CCOCC2)ccc1N1CCCCC1. The summed E-state index contributed by atoms with van der Waals surface area (Å²) in [6.07, 6.45) is 3.31. The normalized spacial score (nSPS) is 19.1. The molecule has 0 spiro atoms. The van der Waals surface area contributed by atoms with E-state index in [1.54, 1.807) is 12.1 Å². The van der Waals surface area contributed by atoms with Gasteiger partial charge in [-0.3, -0.25) is 4.79 Å². The van der Waals surface area contributed by atoms with Crippen LogP contribution in [0.5, 0.6) is 0 Å². The number of carbonyl (C=O) groups excluding carboxylic acids is 1. The molecular weight excluding hydrogens is 368 g/mol. The monoisotopic (exact) mass is 396 g/mol. The smallest absolute Gasteiger partial charge is 0.253 e. The number of anilines is 1. The first-order chi connectivity index (χ1) is 13.0. The minimum atomic E-state index is -3.66. The van der Waals surface area contributed by atoms with Crippen molar-refractivity contribution in [2.24, 2.45) is 5.73 Å². The summed E-state index contributed by atoms with van der Waals surface area (Å²) in [5.41, 5.74) is 6.66. The molecule has 0 radical (unpaired) electrons. The fraction of sp³-hybridized carbons (Fsp3) is 0.611. The third-order valence-electron chi connectivity index (χ3n) is 4.95. The van der Waals surface area contributed by atoms with Crippen LogP contribution in [0, 0.1) is 0 Å². The van der Waals surface area contributed by atoms with Crippen LogP contribution < -0.4 is 16.0 Å². The number of nitrogens with one attached hydrogen (secondary N) is 1. The number of nitrogens with two attached hydrogens (primary N) is 1. The van der Waals surface area contributed by atoms with Gasteiger partial charge in [0.25, 0.3) is 5.91 Å². The lowest BCUT2D eigenvalue weighted by atomic mass is 10.1. The van der Waals surface area contributed by atoms with Crippen molar-refractivity contribution in [3.63, 3.8) is 0 Å². The molecule has 1 aromatic carbocycles. The molecule has 8 nitrogen and oxygen atoms in total. The van der Waals surface area contributed by atoms with Crippen molar-refractivity contribution < 1.29 is 17.9 Å². The Morgan fingerprint density at radius 1 is 1.11 bits per heavy atom. The van der Waals surface area contributed by atoms with Crippen molar-refractivity contribution in [3.05, 3.63) is 23.8 Å². The van der Waals surface area contributed by atoms with Gasteiger partial charge in [0.05, 0.1) is 23.7 Å². The van der Waals surface area contributed by atoms with E-state index in [1.165, 1.54) is 16.8 Å². The molecular formula is C18H28N4O4S. The van der Waals surface area contributed by atoms with Crippen LogP contribution in [0.15, 0.2) is 23.1 Å². The highest BCUT2D eigenvalue weighted by Crippen LogP contribution is 2.28. The average Bonchev–Trinajstić information content (AvgIpc) is 2.72. The van der Waals surface area contributed by atoms with Crippen LogP contribution in [0.1, 0.15) is 29.6 Å². The number of hydrogen-bond acceptors (Lipinski definition) is 6. The van der Waals surface area contributed by atoms with Crippen LogP contribution in [0.4, 0.5) is 5.69 Å². The molecule has 1 amide bonds. The summed E-state index contributed by atoms with van der Waals surface area (Å²) in [7, 11) is -3.66. The number of sulfonamides is 1. The summed E-state index contributed by atoms with van der Waals surface area (Å²) in [5, 5.41) is 2.77. The predicted molar refractivity (Wildman–Crippen MR) is 103 cm³/mol. The Labute approximate surface area is 160 Å². The van der Waals surface area contributed by atoms with Crippen LogP contribution in [0.2, 0.25) is 0 Å². The minimum Gasteiger partial charge on any atom is -0.379 e. The van der Waals surface area contributed by atoms with Gasteiger partial charge in [0, 0.05) is 45.0 Å². The number of rotatable bonds is 6. The number of hydrogen-bond donors (Lipinski definition) is 2. The number of morpholine rings is 1. The number of nitrogens with zero attached hydrogens (tertiary/aromatic N) is 2. The first-order valence-electron chi connectivity index (χ1n) is 9.49. The second-order valence-corrected chi connectivity index (χ2v) is 8.73. The average molecular weight is 397 g/mol. The maximum Gasteiger partial charge on any atom is 0.253 e. The number of piperidine rings is 1. The Bertz CT molecular complexity index is 757. The third-order valence-corrected chi connectivity index (χ3v) is 6.84. The zero-order valence-corrected chi connectivity index (χ0v) is 16.3. The highest BCUT2D eigenvalue weighted by atomic mass is 32.2. The summed E-state index contributed by atoms with van der Waals surface area (Å²) in [5.74, 6) is -0.292. The molecule has 0 atom stereocenters. The second-order valence-electron chi connectivity index (χ2n) is 6.79. The molecule has 3 N–H and O–H groups in total. The molecule has 2 fully saturated rings. The van der Waals surface area contributed by atoms with Crippen LogP contribution >= 0.6 is 0 Å². The zero-order valence-electron chi connectivity index (χ0n) is 15.5. The first-order valence-corrected chi connectivity index (χ1v) is 10.9. The van der Waals surface area contributed by atoms with Crippen molar-refractivity contribution in [2.45, 2.75) is 24.2 Å². The Hall–Kier alpha value is -1.68. The van der Waals surface area contributed by atoms with Crippen molar-refractivity contribution in [1.29, 1.82) is 0 Å². The number of carbonyl (C=O) groups is 1. The van der Waals surface area contributed by atoms with Crippen LogP contribution in [0.25, 0.3) is 0 Å². The molecule has 0 unspecified atom stereocenters. The van der Waals surface area contributed by atoms with Gasteiger partial charge in [-0.05, 0) is 37.5 Å². The van der Waals surface area contributed by atoms with E-state index in [2.05, 4.69) is 10.2 Å². The van der Waals surface area contributed by atoms with E-state index in [0.717, 1.165) is 31.6 Å². The third kappa shape index (κ3) is 4.60. The van der Waals surface area contributed by atoms with E-state index in [1.807, 2.05) is 0 Å². The van der Waals surface area contributed by atoms with Gasteiger partial charge in [-0.2, -0.15) is 4.31 Å². The minimum absolute atomic E-state index is 0.142. The van der Waals surface area contributed by atoms with Crippen molar-refractivity contribution in [3.8, 4) is 0 Å². The van der Waals surface area contributed by atoms with Gasteiger partial charge < -0.3 is 20.7 Å². The lowest BCUT2D eigenvalue weighted by Gasteiger charge is -2.31. The highest BCUT2D eigenvalue weighted by molar-refractivity contribution is 7.89. The van der Waals surface area contributed by atoms with Crippen molar-refractivity contribution in [1.82, 2.24) is 9.62 Å². The standard InChI is InChI=1S/C18H28N4O4S/c19-6-7-20-18(23)16-14-15(27(24,25)22-10-12-26-13-11-22)4-5-17(16)21-8-2-1-3-9-21/h4-5,14H,1-3,6-13,19H2,(H,20,23). The molecule has 27 heavy (non-hydrogen) atoms. The molecule has 3 rings (SSSR count). The van der Waals surface area contributed by atoms with Crippen LogP contribution in [-0.2, 0) is 14.8 Å². The molecule has 9 heteroatoms. The Kier molecular flexibility index (Phi) is 6.69. The number of ether oxygens (including phenoxy) is 1. The lowest BCUT2D eigenvalue weighted by Crippen LogP contribution is -2.40. The second kappa shape index (κ2) is 9.01. The number of amides is 1. The fourth-order valence-corrected chi connectivity index (χ4v) is 4.92. The zero-order chi connectivity index (χ0) is 19.3. The molecule has 1 aromatic rings. The molecule has 2 aliphatic rings. The van der Waals surface area contributed by atoms with Crippen LogP contribution in [0.3, 0.4) is 0 Å². The Balaban J connectivity index is 1.95. The maximum absolute atomic E-state index is 13.0. The molecule has 2 heterocycles. The molecule has 0 aromatic heterocycles. The quantitative estimate of drug-likeness (QED) is 0.721. The molecule has 0 bridgehead atoms. The maximum atomic E-state index is 13.0. The van der Waals surface area contributed by atoms with Crippen molar-refractivity contribution >= 4 is 21.6 Å². The van der Waals surface area contributed by atoms with Crippen molar-refractivity contribution in [2.75, 3.05) is 57.4 Å². The molecule has 0 saturated carbocycles. The van der Waals surface area contributed by atoms with E-state index < -0.39 is 10.0 Å². The topological polar surface area (TPSA) is 105 Å². The van der Waals surface area contributed by atoms with Gasteiger partial charge in [-0.15, -0.1) is 0 Å². The summed E-state index contributed by atoms with van der Waals surface area (Å²) in [6.45, 7) is 3.83. The van der Waals surface area contributed by atoms with Gasteiger partial charge >= 0.3 is 0 Å². The lowest BCUT2D eigenvalue weighted by molar-refractivity contribution is 0.0730. The van der Waals surface area contributed by atoms with E-state index in [0.29, 0.717) is 45.0 Å². The largest absolute Gasteiger partial charge is 0.379 e. The van der Waals surface area contributed by atoms with Gasteiger partial charge in [0.1, 0.15) is 0 Å². The van der Waals surface area contributed by atoms with E-state index in [4.69, 9.17) is 10.5 Å². The summed E-state index contributed by atoms with van der Waals surface area (Å²) in [6, 6.07) is 4.87. The van der Waals surface area contributed by atoms with Gasteiger partial charge in [-0.1, -0.05) is 0 Å². The molecule has 0 aliphatic carbocycles. The summed E-state index contributed by atoms with van der Waals surface area (Å²) >= 11 is 0. The highest BCUT2D eigenvalue weighted by Gasteiger charge is 2.28. The van der Waals surface area contributed by atoms with Gasteiger partial charge in [0.2, 0.25) is 10.0 Å². The number of benzene rings is 1. The van der Waals surface area contributed by atoms with Crippen LogP contribution in [-0.4, -0.2) is 71.1 Å². The van der Waals surface area contributed by atoms with Gasteiger partial charge in [0.15, 0.2) is 0 Å². The summed E-state index contributed by atoms with van der Waals surface area (Å²) in [4.78, 5) is 15.0. The molecule has 150 valence electrons. The summed E-state index contributed by atoms with van der Waals surface area (Å²) < 4.78 is 32.6. The molecule has 2 aliphatic heterocycles. The molecule has 2 saturated heterocycles. The Morgan fingerprint density at radius 2 is 1.81 bits per heavy atom. The first kappa shape index (κ1) is 20.1. The van der Waals surface area contributed by atoms with E-state index in [9.17, 15) is 13.2 Å². The fourth-order valence-electron chi connectivity index (χ4n) is 3.48. The van der Waals surface area contributed by atoms with Gasteiger partial charge in [-0.25, -0.2) is 8.42 Å². The predicted octanol–water partition coefficient (Wildman–Crippen LogP) is 0.386.